The lowest BCUT2D eigenvalue weighted by Crippen LogP contribution is -2.45. The largest absolute Gasteiger partial charge is 0.350 e. The molecule has 2 atom stereocenters. The molecule has 4 nitrogen and oxygen atoms in total. The highest BCUT2D eigenvalue weighted by Gasteiger charge is 2.39. The average Bonchev–Trinajstić information content (AvgIpc) is 3.46. The molecule has 0 aliphatic carbocycles. The Morgan fingerprint density at radius 1 is 1.06 bits per heavy atom. The SMILES string of the molecule is O=C1CC[C@@](CCC(=O)N2CCC[C@H]2c2ccc(F)cc2)(Cc2cccc3ccccc23)N1. The Labute approximate surface area is 193 Å². The van der Waals surface area contributed by atoms with Crippen LogP contribution in [0.25, 0.3) is 10.8 Å². The molecule has 3 aromatic carbocycles. The summed E-state index contributed by atoms with van der Waals surface area (Å²) < 4.78 is 13.4. The first-order valence-electron chi connectivity index (χ1n) is 11.9. The molecule has 33 heavy (non-hydrogen) atoms. The van der Waals surface area contributed by atoms with Crippen LogP contribution in [0.3, 0.4) is 0 Å². The van der Waals surface area contributed by atoms with Crippen molar-refractivity contribution in [1.29, 1.82) is 0 Å². The third-order valence-electron chi connectivity index (χ3n) is 7.29. The topological polar surface area (TPSA) is 49.4 Å². The molecule has 3 aromatic rings. The Bertz CT molecular complexity index is 1170. The third kappa shape index (κ3) is 4.50. The summed E-state index contributed by atoms with van der Waals surface area (Å²) in [6, 6.07) is 21.1. The van der Waals surface area contributed by atoms with Crippen molar-refractivity contribution in [1.82, 2.24) is 10.2 Å². The fraction of sp³-hybridized carbons (Fsp3) is 0.357. The summed E-state index contributed by atoms with van der Waals surface area (Å²) in [6.45, 7) is 0.726. The van der Waals surface area contributed by atoms with Crippen LogP contribution in [0.15, 0.2) is 66.7 Å². The van der Waals surface area contributed by atoms with Gasteiger partial charge in [0.1, 0.15) is 5.82 Å². The minimum atomic E-state index is -0.401. The highest BCUT2D eigenvalue weighted by atomic mass is 19.1. The molecule has 0 radical (unpaired) electrons. The van der Waals surface area contributed by atoms with E-state index in [1.54, 1.807) is 12.1 Å². The van der Waals surface area contributed by atoms with Gasteiger partial charge in [-0.15, -0.1) is 0 Å². The number of nitrogens with one attached hydrogen (secondary N) is 1. The van der Waals surface area contributed by atoms with E-state index in [4.69, 9.17) is 0 Å². The van der Waals surface area contributed by atoms with E-state index < -0.39 is 5.54 Å². The number of rotatable bonds is 6. The van der Waals surface area contributed by atoms with Crippen molar-refractivity contribution < 1.29 is 14.0 Å². The summed E-state index contributed by atoms with van der Waals surface area (Å²) >= 11 is 0. The molecule has 5 heteroatoms. The lowest BCUT2D eigenvalue weighted by atomic mass is 9.83. The van der Waals surface area contributed by atoms with E-state index in [1.807, 2.05) is 17.0 Å². The molecular formula is C28H29FN2O2. The van der Waals surface area contributed by atoms with Crippen LogP contribution in [-0.4, -0.2) is 28.8 Å². The highest BCUT2D eigenvalue weighted by molar-refractivity contribution is 5.86. The van der Waals surface area contributed by atoms with Crippen molar-refractivity contribution in [3.8, 4) is 0 Å². The summed E-state index contributed by atoms with van der Waals surface area (Å²) in [7, 11) is 0. The quantitative estimate of drug-likeness (QED) is 0.560. The first-order chi connectivity index (χ1) is 16.0. The number of halogens is 1. The van der Waals surface area contributed by atoms with Crippen LogP contribution in [0, 0.1) is 5.82 Å². The normalized spacial score (nSPS) is 22.6. The second-order valence-corrected chi connectivity index (χ2v) is 9.44. The Hall–Kier alpha value is -3.21. The number of hydrogen-bond donors (Lipinski definition) is 1. The van der Waals surface area contributed by atoms with Gasteiger partial charge in [0.2, 0.25) is 11.8 Å². The van der Waals surface area contributed by atoms with Crippen LogP contribution in [0.4, 0.5) is 4.39 Å². The molecule has 0 aromatic heterocycles. The number of amides is 2. The maximum absolute atomic E-state index is 13.4. The van der Waals surface area contributed by atoms with Gasteiger partial charge in [-0.2, -0.15) is 0 Å². The average molecular weight is 445 g/mol. The molecule has 2 aliphatic rings. The van der Waals surface area contributed by atoms with Gasteiger partial charge in [0.05, 0.1) is 6.04 Å². The molecule has 2 amide bonds. The number of carbonyl (C=O) groups is 2. The number of fused-ring (bicyclic) bond motifs is 1. The summed E-state index contributed by atoms with van der Waals surface area (Å²) in [5, 5.41) is 5.61. The van der Waals surface area contributed by atoms with Crippen LogP contribution >= 0.6 is 0 Å². The van der Waals surface area contributed by atoms with Gasteiger partial charge in [-0.25, -0.2) is 4.39 Å². The van der Waals surface area contributed by atoms with Gasteiger partial charge in [0, 0.05) is 24.9 Å². The fourth-order valence-electron chi connectivity index (χ4n) is 5.58. The van der Waals surface area contributed by atoms with Gasteiger partial charge in [0.25, 0.3) is 0 Å². The van der Waals surface area contributed by atoms with Gasteiger partial charge >= 0.3 is 0 Å². The van der Waals surface area contributed by atoms with Gasteiger partial charge in [-0.05, 0) is 66.1 Å². The Kier molecular flexibility index (Phi) is 5.88. The summed E-state index contributed by atoms with van der Waals surface area (Å²) in [5.41, 5.74) is 1.79. The van der Waals surface area contributed by atoms with Crippen molar-refractivity contribution in [2.75, 3.05) is 6.54 Å². The molecule has 2 saturated heterocycles. The Morgan fingerprint density at radius 3 is 2.64 bits per heavy atom. The zero-order chi connectivity index (χ0) is 22.8. The van der Waals surface area contributed by atoms with Crippen LogP contribution in [-0.2, 0) is 16.0 Å². The van der Waals surface area contributed by atoms with Crippen molar-refractivity contribution in [2.24, 2.45) is 0 Å². The summed E-state index contributed by atoms with van der Waals surface area (Å²) in [5.74, 6) is -0.0877. The zero-order valence-corrected chi connectivity index (χ0v) is 18.7. The first-order valence-corrected chi connectivity index (χ1v) is 11.9. The Balaban J connectivity index is 1.33. The van der Waals surface area contributed by atoms with Crippen LogP contribution in [0.2, 0.25) is 0 Å². The number of hydrogen-bond acceptors (Lipinski definition) is 2. The molecule has 1 N–H and O–H groups in total. The first kappa shape index (κ1) is 21.6. The predicted molar refractivity (Wildman–Crippen MR) is 127 cm³/mol. The van der Waals surface area contributed by atoms with Crippen molar-refractivity contribution >= 4 is 22.6 Å². The zero-order valence-electron chi connectivity index (χ0n) is 18.7. The molecule has 2 heterocycles. The van der Waals surface area contributed by atoms with Crippen molar-refractivity contribution in [3.05, 3.63) is 83.7 Å². The fourth-order valence-corrected chi connectivity index (χ4v) is 5.58. The number of benzene rings is 3. The van der Waals surface area contributed by atoms with Gasteiger partial charge in [-0.1, -0.05) is 54.6 Å². The van der Waals surface area contributed by atoms with Crippen molar-refractivity contribution in [3.63, 3.8) is 0 Å². The van der Waals surface area contributed by atoms with E-state index in [-0.39, 0.29) is 23.7 Å². The standard InChI is InChI=1S/C28H29FN2O2/c29-23-12-10-21(11-13-23)25-9-4-18-31(25)27(33)15-17-28(16-14-26(32)30-28)19-22-7-3-6-20-5-1-2-8-24(20)22/h1-3,5-8,10-13,25H,4,9,14-19H2,(H,30,32)/t25-,28+/m0/s1. The van der Waals surface area contributed by atoms with Crippen LogP contribution < -0.4 is 5.32 Å². The predicted octanol–water partition coefficient (Wildman–Crippen LogP) is 5.31. The van der Waals surface area contributed by atoms with E-state index in [9.17, 15) is 14.0 Å². The third-order valence-corrected chi connectivity index (χ3v) is 7.29. The second kappa shape index (κ2) is 8.97. The van der Waals surface area contributed by atoms with Crippen molar-refractivity contribution in [2.45, 2.75) is 56.5 Å². The molecule has 2 aliphatic heterocycles. The second-order valence-electron chi connectivity index (χ2n) is 9.44. The molecule has 0 bridgehead atoms. The molecular weight excluding hydrogens is 415 g/mol. The number of carbonyl (C=O) groups excluding carboxylic acids is 2. The molecule has 0 saturated carbocycles. The van der Waals surface area contributed by atoms with Crippen LogP contribution in [0.1, 0.15) is 55.7 Å². The van der Waals surface area contributed by atoms with E-state index in [1.165, 1.54) is 28.5 Å². The summed E-state index contributed by atoms with van der Waals surface area (Å²) in [6.07, 6.45) is 4.82. The lowest BCUT2D eigenvalue weighted by Gasteiger charge is -2.32. The minimum Gasteiger partial charge on any atom is -0.350 e. The molecule has 2 fully saturated rings. The smallest absolute Gasteiger partial charge is 0.223 e. The molecule has 0 unspecified atom stereocenters. The van der Waals surface area contributed by atoms with E-state index >= 15 is 0 Å². The van der Waals surface area contributed by atoms with Gasteiger partial charge < -0.3 is 10.2 Å². The maximum atomic E-state index is 13.4. The van der Waals surface area contributed by atoms with Gasteiger partial charge in [0.15, 0.2) is 0 Å². The summed E-state index contributed by atoms with van der Waals surface area (Å²) in [4.78, 5) is 27.5. The number of likely N-dealkylation sites (tertiary alicyclic amines) is 1. The lowest BCUT2D eigenvalue weighted by molar-refractivity contribution is -0.132. The maximum Gasteiger partial charge on any atom is 0.223 e. The van der Waals surface area contributed by atoms with E-state index in [2.05, 4.69) is 35.6 Å². The van der Waals surface area contributed by atoms with E-state index in [0.717, 1.165) is 37.8 Å². The number of nitrogens with zero attached hydrogens (tertiary/aromatic N) is 1. The molecule has 5 rings (SSSR count). The monoisotopic (exact) mass is 444 g/mol. The molecule has 170 valence electrons. The minimum absolute atomic E-state index is 0.00489. The Morgan fingerprint density at radius 2 is 1.85 bits per heavy atom. The van der Waals surface area contributed by atoms with Crippen LogP contribution in [0.5, 0.6) is 0 Å². The van der Waals surface area contributed by atoms with Gasteiger partial charge in [-0.3, -0.25) is 9.59 Å². The molecule has 0 spiro atoms. The van der Waals surface area contributed by atoms with E-state index in [0.29, 0.717) is 19.3 Å². The highest BCUT2D eigenvalue weighted by Crippen LogP contribution is 2.35.